The second kappa shape index (κ2) is 3.90. The van der Waals surface area contributed by atoms with Crippen LogP contribution in [0.2, 0.25) is 0 Å². The maximum absolute atomic E-state index is 10.8. The molecule has 2 heterocycles. The van der Waals surface area contributed by atoms with Crippen molar-refractivity contribution < 1.29 is 4.92 Å². The summed E-state index contributed by atoms with van der Waals surface area (Å²) in [5.41, 5.74) is 0.944. The van der Waals surface area contributed by atoms with Crippen molar-refractivity contribution in [1.29, 1.82) is 0 Å². The summed E-state index contributed by atoms with van der Waals surface area (Å²) in [7, 11) is 0. The van der Waals surface area contributed by atoms with Gasteiger partial charge < -0.3 is 0 Å². The summed E-state index contributed by atoms with van der Waals surface area (Å²) in [6.45, 7) is 0. The average Bonchev–Trinajstić information content (AvgIpc) is 2.96. The summed E-state index contributed by atoms with van der Waals surface area (Å²) < 4.78 is 5.34. The van der Waals surface area contributed by atoms with Crippen LogP contribution in [0.5, 0.6) is 0 Å². The van der Waals surface area contributed by atoms with Crippen molar-refractivity contribution in [3.8, 4) is 10.6 Å². The van der Waals surface area contributed by atoms with Crippen molar-refractivity contribution in [2.24, 2.45) is 0 Å². The first kappa shape index (κ1) is 10.4. The van der Waals surface area contributed by atoms with Crippen LogP contribution in [0.4, 0.5) is 5.69 Å². The number of nitrogens with zero attached hydrogens (tertiary/aromatic N) is 2. The molecule has 1 aromatic carbocycles. The van der Waals surface area contributed by atoms with E-state index in [0.29, 0.717) is 0 Å². The van der Waals surface area contributed by atoms with Gasteiger partial charge in [-0.25, -0.2) is 0 Å². The number of aromatic nitrogens is 1. The quantitative estimate of drug-likeness (QED) is 0.519. The van der Waals surface area contributed by atoms with E-state index in [1.165, 1.54) is 17.6 Å². The molecule has 84 valence electrons. The van der Waals surface area contributed by atoms with E-state index < -0.39 is 0 Å². The Morgan fingerprint density at radius 2 is 2.18 bits per heavy atom. The lowest BCUT2D eigenvalue weighted by atomic mass is 10.2. The summed E-state index contributed by atoms with van der Waals surface area (Å²) in [4.78, 5) is 11.4. The first-order valence-electron chi connectivity index (χ1n) is 4.83. The van der Waals surface area contributed by atoms with Gasteiger partial charge in [0.25, 0.3) is 5.69 Å². The van der Waals surface area contributed by atoms with Crippen LogP contribution in [-0.4, -0.2) is 9.30 Å². The summed E-state index contributed by atoms with van der Waals surface area (Å²) in [6, 6.07) is 8.77. The van der Waals surface area contributed by atoms with Crippen LogP contribution in [0, 0.1) is 10.1 Å². The van der Waals surface area contributed by atoms with Crippen LogP contribution in [0.25, 0.3) is 20.7 Å². The SMILES string of the molecule is O=[N+]([O-])c1ccc2snc(-c3cccs3)c2c1. The molecular weight excluding hydrogens is 256 g/mol. The van der Waals surface area contributed by atoms with E-state index in [9.17, 15) is 10.1 Å². The highest BCUT2D eigenvalue weighted by atomic mass is 32.1. The Balaban J connectivity index is 2.26. The zero-order valence-corrected chi connectivity index (χ0v) is 10.1. The number of rotatable bonds is 2. The van der Waals surface area contributed by atoms with Crippen molar-refractivity contribution in [3.05, 3.63) is 45.8 Å². The van der Waals surface area contributed by atoms with Crippen LogP contribution in [0.3, 0.4) is 0 Å². The molecule has 0 fully saturated rings. The number of non-ortho nitro benzene ring substituents is 1. The molecule has 3 rings (SSSR count). The Bertz CT molecular complexity index is 689. The molecule has 0 unspecified atom stereocenters. The van der Waals surface area contributed by atoms with Gasteiger partial charge in [-0.2, -0.15) is 4.37 Å². The van der Waals surface area contributed by atoms with Crippen LogP contribution >= 0.6 is 22.9 Å². The third kappa shape index (κ3) is 1.71. The normalized spacial score (nSPS) is 10.8. The van der Waals surface area contributed by atoms with E-state index in [4.69, 9.17) is 0 Å². The Hall–Kier alpha value is -1.79. The minimum atomic E-state index is -0.380. The van der Waals surface area contributed by atoms with Gasteiger partial charge in [0.2, 0.25) is 0 Å². The third-order valence-corrected chi connectivity index (χ3v) is 4.12. The molecule has 0 saturated carbocycles. The second-order valence-corrected chi connectivity index (χ2v) is 5.20. The van der Waals surface area contributed by atoms with E-state index >= 15 is 0 Å². The molecule has 2 aromatic heterocycles. The zero-order chi connectivity index (χ0) is 11.8. The molecule has 0 radical (unpaired) electrons. The third-order valence-electron chi connectivity index (χ3n) is 2.42. The molecular formula is C11H6N2O2S2. The molecule has 0 amide bonds. The number of nitro benzene ring substituents is 1. The Kier molecular flexibility index (Phi) is 2.38. The molecule has 4 nitrogen and oxygen atoms in total. The minimum Gasteiger partial charge on any atom is -0.258 e. The van der Waals surface area contributed by atoms with Crippen molar-refractivity contribution in [2.75, 3.05) is 0 Å². The monoisotopic (exact) mass is 262 g/mol. The fourth-order valence-electron chi connectivity index (χ4n) is 1.63. The predicted octanol–water partition coefficient (Wildman–Crippen LogP) is 3.93. The van der Waals surface area contributed by atoms with Gasteiger partial charge in [-0.05, 0) is 29.0 Å². The number of benzene rings is 1. The molecule has 0 spiro atoms. The summed E-state index contributed by atoms with van der Waals surface area (Å²) >= 11 is 2.95. The van der Waals surface area contributed by atoms with Gasteiger partial charge in [0.15, 0.2) is 0 Å². The number of nitro groups is 1. The molecule has 0 saturated heterocycles. The predicted molar refractivity (Wildman–Crippen MR) is 69.6 cm³/mol. The number of fused-ring (bicyclic) bond motifs is 1. The lowest BCUT2D eigenvalue weighted by molar-refractivity contribution is -0.384. The van der Waals surface area contributed by atoms with Crippen LogP contribution < -0.4 is 0 Å². The first-order valence-corrected chi connectivity index (χ1v) is 6.49. The second-order valence-electron chi connectivity index (χ2n) is 3.45. The van der Waals surface area contributed by atoms with Gasteiger partial charge in [0.1, 0.15) is 5.69 Å². The lowest BCUT2D eigenvalue weighted by Gasteiger charge is -1.94. The molecule has 0 aliphatic heterocycles. The summed E-state index contributed by atoms with van der Waals surface area (Å²) in [5, 5.41) is 13.6. The maximum Gasteiger partial charge on any atom is 0.270 e. The summed E-state index contributed by atoms with van der Waals surface area (Å²) in [5.74, 6) is 0. The van der Waals surface area contributed by atoms with Gasteiger partial charge in [-0.1, -0.05) is 6.07 Å². The van der Waals surface area contributed by atoms with Gasteiger partial charge in [-0.3, -0.25) is 10.1 Å². The molecule has 3 aromatic rings. The maximum atomic E-state index is 10.8. The van der Waals surface area contributed by atoms with Crippen LogP contribution in [0.1, 0.15) is 0 Å². The van der Waals surface area contributed by atoms with Crippen molar-refractivity contribution >= 4 is 38.6 Å². The van der Waals surface area contributed by atoms with E-state index in [1.54, 1.807) is 23.5 Å². The summed E-state index contributed by atoms with van der Waals surface area (Å²) in [6.07, 6.45) is 0. The standard InChI is InChI=1S/C11H6N2O2S2/c14-13(15)7-3-4-9-8(6-7)11(12-17-9)10-2-1-5-16-10/h1-6H. The lowest BCUT2D eigenvalue weighted by Crippen LogP contribution is -1.86. The van der Waals surface area contributed by atoms with Crippen molar-refractivity contribution in [1.82, 2.24) is 4.37 Å². The molecule has 17 heavy (non-hydrogen) atoms. The smallest absolute Gasteiger partial charge is 0.258 e. The molecule has 0 aliphatic rings. The topological polar surface area (TPSA) is 56.0 Å². The Morgan fingerprint density at radius 1 is 1.29 bits per heavy atom. The van der Waals surface area contributed by atoms with E-state index in [2.05, 4.69) is 4.37 Å². The molecule has 6 heteroatoms. The highest BCUT2D eigenvalue weighted by Crippen LogP contribution is 2.35. The van der Waals surface area contributed by atoms with Crippen LogP contribution in [-0.2, 0) is 0 Å². The van der Waals surface area contributed by atoms with Gasteiger partial charge in [0, 0.05) is 17.5 Å². The molecule has 0 N–H and O–H groups in total. The zero-order valence-electron chi connectivity index (χ0n) is 8.49. The van der Waals surface area contributed by atoms with E-state index in [1.807, 2.05) is 17.5 Å². The Morgan fingerprint density at radius 3 is 2.88 bits per heavy atom. The minimum absolute atomic E-state index is 0.107. The van der Waals surface area contributed by atoms with Gasteiger partial charge >= 0.3 is 0 Å². The molecule has 0 aliphatic carbocycles. The van der Waals surface area contributed by atoms with E-state index in [0.717, 1.165) is 20.7 Å². The fourth-order valence-corrected chi connectivity index (χ4v) is 3.19. The van der Waals surface area contributed by atoms with Gasteiger partial charge in [0.05, 0.1) is 14.5 Å². The van der Waals surface area contributed by atoms with Crippen molar-refractivity contribution in [2.45, 2.75) is 0 Å². The van der Waals surface area contributed by atoms with E-state index in [-0.39, 0.29) is 10.6 Å². The molecule has 0 atom stereocenters. The number of thiophene rings is 1. The molecule has 0 bridgehead atoms. The first-order chi connectivity index (χ1) is 8.25. The van der Waals surface area contributed by atoms with Gasteiger partial charge in [-0.15, -0.1) is 11.3 Å². The highest BCUT2D eigenvalue weighted by Gasteiger charge is 2.13. The number of hydrogen-bond acceptors (Lipinski definition) is 5. The largest absolute Gasteiger partial charge is 0.270 e. The average molecular weight is 262 g/mol. The highest BCUT2D eigenvalue weighted by molar-refractivity contribution is 7.16. The fraction of sp³-hybridized carbons (Fsp3) is 0. The van der Waals surface area contributed by atoms with Crippen molar-refractivity contribution in [3.63, 3.8) is 0 Å². The number of hydrogen-bond donors (Lipinski definition) is 0. The Labute approximate surface area is 104 Å². The van der Waals surface area contributed by atoms with Crippen LogP contribution in [0.15, 0.2) is 35.7 Å².